The number of nitriles is 1. The second-order valence-electron chi connectivity index (χ2n) is 6.99. The summed E-state index contributed by atoms with van der Waals surface area (Å²) in [5.41, 5.74) is 3.42. The number of fused-ring (bicyclic) bond motifs is 1. The van der Waals surface area contributed by atoms with Crippen LogP contribution >= 0.6 is 0 Å². The standard InChI is InChI=1S/C25H18N4O2/c1-16-8-7-11-18(14-16)27-25(31)21(15-26)22-19-12-5-6-13-20(19)23(28-22)29-24(30)17-9-3-2-4-10-17/h2-14H,1H3,(H,27,31)(H,28,29,30)/b22-21-. The third kappa shape index (κ3) is 4.11. The first kappa shape index (κ1) is 19.8. The molecule has 6 nitrogen and oxygen atoms in total. The highest BCUT2D eigenvalue weighted by Gasteiger charge is 2.27. The molecule has 0 radical (unpaired) electrons. The average Bonchev–Trinajstić information content (AvgIpc) is 3.13. The Morgan fingerprint density at radius 2 is 1.58 bits per heavy atom. The van der Waals surface area contributed by atoms with Gasteiger partial charge in [-0.05, 0) is 36.8 Å². The average molecular weight is 406 g/mol. The van der Waals surface area contributed by atoms with E-state index in [1.54, 1.807) is 48.5 Å². The van der Waals surface area contributed by atoms with Crippen LogP contribution in [0, 0.1) is 18.3 Å². The topological polar surface area (TPSA) is 94.3 Å². The zero-order valence-corrected chi connectivity index (χ0v) is 16.7. The molecule has 3 aromatic carbocycles. The van der Waals surface area contributed by atoms with E-state index in [2.05, 4.69) is 15.6 Å². The SMILES string of the molecule is Cc1cccc(NC(=O)/C(C#N)=C2\N=C(NC(=O)c3ccccc3)c3ccccc32)c1. The summed E-state index contributed by atoms with van der Waals surface area (Å²) in [6.07, 6.45) is 0. The summed E-state index contributed by atoms with van der Waals surface area (Å²) in [7, 11) is 0. The minimum atomic E-state index is -0.558. The monoisotopic (exact) mass is 406 g/mol. The Morgan fingerprint density at radius 1 is 0.871 bits per heavy atom. The zero-order valence-electron chi connectivity index (χ0n) is 16.7. The Bertz CT molecular complexity index is 1280. The molecule has 0 unspecified atom stereocenters. The molecule has 3 aromatic rings. The molecule has 2 N–H and O–H groups in total. The Morgan fingerprint density at radius 3 is 2.29 bits per heavy atom. The molecular weight excluding hydrogens is 388 g/mol. The van der Waals surface area contributed by atoms with Crippen LogP contribution in [0.25, 0.3) is 5.70 Å². The first-order valence-electron chi connectivity index (χ1n) is 9.64. The maximum Gasteiger partial charge on any atom is 0.268 e. The van der Waals surface area contributed by atoms with Gasteiger partial charge in [0.15, 0.2) is 0 Å². The maximum absolute atomic E-state index is 12.9. The van der Waals surface area contributed by atoms with Gasteiger partial charge in [-0.25, -0.2) is 4.99 Å². The van der Waals surface area contributed by atoms with Gasteiger partial charge in [-0.3, -0.25) is 9.59 Å². The third-order valence-electron chi connectivity index (χ3n) is 4.78. The molecule has 0 aliphatic carbocycles. The van der Waals surface area contributed by atoms with Crippen molar-refractivity contribution in [2.24, 2.45) is 4.99 Å². The van der Waals surface area contributed by atoms with Crippen molar-refractivity contribution in [3.8, 4) is 6.07 Å². The van der Waals surface area contributed by atoms with E-state index in [1.165, 1.54) is 0 Å². The molecule has 1 heterocycles. The van der Waals surface area contributed by atoms with E-state index in [4.69, 9.17) is 0 Å². The highest BCUT2D eigenvalue weighted by Crippen LogP contribution is 2.31. The molecule has 150 valence electrons. The minimum Gasteiger partial charge on any atom is -0.321 e. The number of aryl methyl sites for hydroxylation is 1. The molecule has 0 atom stereocenters. The van der Waals surface area contributed by atoms with Crippen LogP contribution in [-0.4, -0.2) is 17.6 Å². The first-order valence-corrected chi connectivity index (χ1v) is 9.64. The van der Waals surface area contributed by atoms with E-state index < -0.39 is 5.91 Å². The van der Waals surface area contributed by atoms with Crippen LogP contribution < -0.4 is 10.6 Å². The van der Waals surface area contributed by atoms with Gasteiger partial charge in [0.1, 0.15) is 17.5 Å². The third-order valence-corrected chi connectivity index (χ3v) is 4.78. The van der Waals surface area contributed by atoms with Crippen molar-refractivity contribution in [2.75, 3.05) is 5.32 Å². The van der Waals surface area contributed by atoms with E-state index in [0.29, 0.717) is 28.2 Å². The Labute approximate surface area is 179 Å². The molecule has 0 aromatic heterocycles. The van der Waals surface area contributed by atoms with Crippen molar-refractivity contribution in [2.45, 2.75) is 6.92 Å². The lowest BCUT2D eigenvalue weighted by Crippen LogP contribution is -2.30. The van der Waals surface area contributed by atoms with E-state index >= 15 is 0 Å². The van der Waals surface area contributed by atoms with Crippen molar-refractivity contribution in [1.82, 2.24) is 5.32 Å². The molecule has 1 aliphatic heterocycles. The van der Waals surface area contributed by atoms with Crippen LogP contribution in [0.1, 0.15) is 27.0 Å². The fourth-order valence-electron chi connectivity index (χ4n) is 3.31. The molecule has 0 saturated heterocycles. The molecule has 2 amide bonds. The summed E-state index contributed by atoms with van der Waals surface area (Å²) >= 11 is 0. The number of aliphatic imine (C=N–C) groups is 1. The lowest BCUT2D eigenvalue weighted by atomic mass is 10.0. The molecule has 1 aliphatic rings. The summed E-state index contributed by atoms with van der Waals surface area (Å²) in [6, 6.07) is 25.2. The molecule has 31 heavy (non-hydrogen) atoms. The Balaban J connectivity index is 1.70. The molecule has 0 saturated carbocycles. The van der Waals surface area contributed by atoms with Gasteiger partial charge in [0, 0.05) is 22.4 Å². The lowest BCUT2D eigenvalue weighted by Gasteiger charge is -2.07. The number of nitrogens with zero attached hydrogens (tertiary/aromatic N) is 2. The molecule has 0 bridgehead atoms. The van der Waals surface area contributed by atoms with Crippen LogP contribution in [0.15, 0.2) is 89.4 Å². The largest absolute Gasteiger partial charge is 0.321 e. The molecular formula is C25H18N4O2. The summed E-state index contributed by atoms with van der Waals surface area (Å²) in [5, 5.41) is 15.3. The van der Waals surface area contributed by atoms with Crippen LogP contribution in [0.3, 0.4) is 0 Å². The number of hydrogen-bond acceptors (Lipinski definition) is 4. The van der Waals surface area contributed by atoms with Crippen molar-refractivity contribution < 1.29 is 9.59 Å². The molecule has 4 rings (SSSR count). The number of carbonyl (C=O) groups is 2. The van der Waals surface area contributed by atoms with Crippen LogP contribution in [0.2, 0.25) is 0 Å². The highest BCUT2D eigenvalue weighted by molar-refractivity contribution is 6.21. The predicted molar refractivity (Wildman–Crippen MR) is 119 cm³/mol. The smallest absolute Gasteiger partial charge is 0.268 e. The highest BCUT2D eigenvalue weighted by atomic mass is 16.2. The second kappa shape index (κ2) is 8.47. The molecule has 0 fully saturated rings. The van der Waals surface area contributed by atoms with E-state index in [9.17, 15) is 14.9 Å². The van der Waals surface area contributed by atoms with Crippen LogP contribution in [-0.2, 0) is 4.79 Å². The Hall–Kier alpha value is -4.50. The number of amides is 2. The quantitative estimate of drug-likeness (QED) is 0.507. The molecule has 6 heteroatoms. The number of amidine groups is 1. The van der Waals surface area contributed by atoms with Gasteiger partial charge in [-0.1, -0.05) is 54.6 Å². The van der Waals surface area contributed by atoms with Gasteiger partial charge in [0.25, 0.3) is 11.8 Å². The number of rotatable bonds is 3. The summed E-state index contributed by atoms with van der Waals surface area (Å²) < 4.78 is 0. The van der Waals surface area contributed by atoms with Gasteiger partial charge in [-0.2, -0.15) is 5.26 Å². The second-order valence-corrected chi connectivity index (χ2v) is 6.99. The van der Waals surface area contributed by atoms with Gasteiger partial charge >= 0.3 is 0 Å². The van der Waals surface area contributed by atoms with E-state index in [1.807, 2.05) is 43.3 Å². The lowest BCUT2D eigenvalue weighted by molar-refractivity contribution is -0.112. The molecule has 0 spiro atoms. The normalized spacial score (nSPS) is 13.5. The van der Waals surface area contributed by atoms with Gasteiger partial charge < -0.3 is 10.6 Å². The van der Waals surface area contributed by atoms with Crippen molar-refractivity contribution in [3.63, 3.8) is 0 Å². The van der Waals surface area contributed by atoms with Crippen molar-refractivity contribution >= 4 is 29.0 Å². The fraction of sp³-hybridized carbons (Fsp3) is 0.0400. The van der Waals surface area contributed by atoms with Crippen LogP contribution in [0.5, 0.6) is 0 Å². The summed E-state index contributed by atoms with van der Waals surface area (Å²) in [5.74, 6) is -0.578. The maximum atomic E-state index is 12.9. The van der Waals surface area contributed by atoms with Gasteiger partial charge in [0.2, 0.25) is 0 Å². The van der Waals surface area contributed by atoms with Crippen molar-refractivity contribution in [3.05, 3.63) is 107 Å². The fourth-order valence-corrected chi connectivity index (χ4v) is 3.31. The first-order chi connectivity index (χ1) is 15.1. The number of anilines is 1. The van der Waals surface area contributed by atoms with Crippen LogP contribution in [0.4, 0.5) is 5.69 Å². The predicted octanol–water partition coefficient (Wildman–Crippen LogP) is 4.06. The number of benzene rings is 3. The van der Waals surface area contributed by atoms with Gasteiger partial charge in [-0.15, -0.1) is 0 Å². The van der Waals surface area contributed by atoms with E-state index in [0.717, 1.165) is 5.56 Å². The van der Waals surface area contributed by atoms with E-state index in [-0.39, 0.29) is 17.2 Å². The summed E-state index contributed by atoms with van der Waals surface area (Å²) in [6.45, 7) is 1.92. The number of nitrogens with one attached hydrogen (secondary N) is 2. The number of carbonyl (C=O) groups excluding carboxylic acids is 2. The zero-order chi connectivity index (χ0) is 21.8. The van der Waals surface area contributed by atoms with Gasteiger partial charge in [0.05, 0.1) is 5.70 Å². The van der Waals surface area contributed by atoms with Crippen molar-refractivity contribution in [1.29, 1.82) is 5.26 Å². The minimum absolute atomic E-state index is 0.127. The number of hydrogen-bond donors (Lipinski definition) is 2. The Kier molecular flexibility index (Phi) is 5.41. The summed E-state index contributed by atoms with van der Waals surface area (Å²) in [4.78, 5) is 29.9.